The summed E-state index contributed by atoms with van der Waals surface area (Å²) in [5.74, 6) is 4.42. The number of ether oxygens (including phenoxy) is 2. The van der Waals surface area contributed by atoms with Gasteiger partial charge in [0.25, 0.3) is 0 Å². The first-order chi connectivity index (χ1) is 15.2. The molecule has 0 spiro atoms. The van der Waals surface area contributed by atoms with Crippen molar-refractivity contribution < 1.29 is 19.1 Å². The molecule has 0 aromatic heterocycles. The Morgan fingerprint density at radius 3 is 2.38 bits per heavy atom. The molecule has 0 N–H and O–H groups in total. The van der Waals surface area contributed by atoms with Gasteiger partial charge in [0.1, 0.15) is 12.2 Å². The molecule has 4 fully saturated rings. The molecule has 3 saturated carbocycles. The van der Waals surface area contributed by atoms with Crippen molar-refractivity contribution >= 4 is 35.5 Å². The summed E-state index contributed by atoms with van der Waals surface area (Å²) in [5.41, 5.74) is 1.88. The number of carbonyl (C=O) groups excluding carboxylic acids is 2. The zero-order chi connectivity index (χ0) is 22.7. The highest BCUT2D eigenvalue weighted by atomic mass is 32.2. The van der Waals surface area contributed by atoms with Crippen LogP contribution in [0.2, 0.25) is 0 Å². The molecule has 5 aliphatic rings. The molecule has 0 amide bonds. The summed E-state index contributed by atoms with van der Waals surface area (Å²) < 4.78 is 12.3. The molecule has 0 aromatic rings. The van der Waals surface area contributed by atoms with Gasteiger partial charge in [0.2, 0.25) is 0 Å². The van der Waals surface area contributed by atoms with E-state index < -0.39 is 0 Å². The fourth-order valence-electron chi connectivity index (χ4n) is 8.31. The van der Waals surface area contributed by atoms with Crippen LogP contribution < -0.4 is 0 Å². The Hall–Kier alpha value is -0.620. The number of hydrogen-bond acceptors (Lipinski definition) is 6. The van der Waals surface area contributed by atoms with Crippen molar-refractivity contribution in [2.24, 2.45) is 34.5 Å². The molecule has 1 saturated heterocycles. The summed E-state index contributed by atoms with van der Waals surface area (Å²) in [6.07, 6.45) is 10.5. The molecule has 0 aromatic carbocycles. The Labute approximate surface area is 201 Å². The van der Waals surface area contributed by atoms with Crippen molar-refractivity contribution in [3.8, 4) is 0 Å². The summed E-state index contributed by atoms with van der Waals surface area (Å²) >= 11 is 4.09. The average molecular weight is 479 g/mol. The second-order valence-electron chi connectivity index (χ2n) is 11.3. The number of carbonyl (C=O) groups is 2. The van der Waals surface area contributed by atoms with Gasteiger partial charge >= 0.3 is 11.9 Å². The maximum Gasteiger partial charge on any atom is 0.302 e. The fraction of sp³-hybridized carbons (Fsp3) is 0.846. The van der Waals surface area contributed by atoms with E-state index in [4.69, 9.17) is 9.47 Å². The van der Waals surface area contributed by atoms with Crippen molar-refractivity contribution in [2.75, 3.05) is 11.5 Å². The van der Waals surface area contributed by atoms with Gasteiger partial charge < -0.3 is 9.47 Å². The Kier molecular flexibility index (Phi) is 6.18. The van der Waals surface area contributed by atoms with Crippen LogP contribution >= 0.6 is 23.5 Å². The summed E-state index contributed by atoms with van der Waals surface area (Å²) in [7, 11) is 0. The van der Waals surface area contributed by atoms with E-state index in [9.17, 15) is 9.59 Å². The van der Waals surface area contributed by atoms with E-state index >= 15 is 0 Å². The summed E-state index contributed by atoms with van der Waals surface area (Å²) in [5, 5.41) is 0. The Morgan fingerprint density at radius 1 is 0.969 bits per heavy atom. The number of thioether (sulfide) groups is 2. The second kappa shape index (κ2) is 8.55. The number of rotatable bonds is 3. The van der Waals surface area contributed by atoms with Gasteiger partial charge in [-0.2, -0.15) is 0 Å². The zero-order valence-electron chi connectivity index (χ0n) is 19.9. The molecular weight excluding hydrogens is 440 g/mol. The summed E-state index contributed by atoms with van der Waals surface area (Å²) in [6, 6.07) is 0. The van der Waals surface area contributed by atoms with Crippen LogP contribution in [0.25, 0.3) is 0 Å². The average Bonchev–Trinajstić information content (AvgIpc) is 3.35. The lowest BCUT2D eigenvalue weighted by molar-refractivity contribution is -0.160. The minimum atomic E-state index is -0.142. The zero-order valence-corrected chi connectivity index (χ0v) is 21.6. The number of fused-ring (bicyclic) bond motifs is 5. The van der Waals surface area contributed by atoms with E-state index in [2.05, 4.69) is 19.9 Å². The third-order valence-electron chi connectivity index (χ3n) is 9.68. The van der Waals surface area contributed by atoms with Crippen molar-refractivity contribution in [3.05, 3.63) is 11.6 Å². The molecule has 178 valence electrons. The summed E-state index contributed by atoms with van der Waals surface area (Å²) in [6.45, 7) is 7.97. The van der Waals surface area contributed by atoms with Crippen LogP contribution in [0.5, 0.6) is 0 Å². The largest absolute Gasteiger partial charge is 0.462 e. The van der Waals surface area contributed by atoms with Crippen LogP contribution in [0.4, 0.5) is 0 Å². The maximum atomic E-state index is 12.0. The molecule has 0 unspecified atom stereocenters. The topological polar surface area (TPSA) is 52.6 Å². The predicted molar refractivity (Wildman–Crippen MR) is 130 cm³/mol. The lowest BCUT2D eigenvalue weighted by atomic mass is 9.47. The Bertz CT molecular complexity index is 806. The molecule has 8 atom stereocenters. The molecule has 1 aliphatic heterocycles. The van der Waals surface area contributed by atoms with Gasteiger partial charge in [-0.3, -0.25) is 9.59 Å². The van der Waals surface area contributed by atoms with Crippen LogP contribution in [-0.2, 0) is 19.1 Å². The van der Waals surface area contributed by atoms with Crippen LogP contribution in [0, 0.1) is 34.5 Å². The first kappa shape index (κ1) is 23.1. The van der Waals surface area contributed by atoms with Crippen molar-refractivity contribution in [2.45, 2.75) is 89.4 Å². The van der Waals surface area contributed by atoms with Gasteiger partial charge in [-0.25, -0.2) is 0 Å². The minimum absolute atomic E-state index is 0.00576. The van der Waals surface area contributed by atoms with Crippen molar-refractivity contribution in [3.63, 3.8) is 0 Å². The molecule has 1 heterocycles. The van der Waals surface area contributed by atoms with E-state index in [-0.39, 0.29) is 35.0 Å². The van der Waals surface area contributed by atoms with Gasteiger partial charge in [0.05, 0.1) is 4.58 Å². The molecule has 4 aliphatic carbocycles. The first-order valence-corrected chi connectivity index (χ1v) is 14.6. The van der Waals surface area contributed by atoms with Crippen LogP contribution in [0.1, 0.15) is 72.6 Å². The monoisotopic (exact) mass is 478 g/mol. The molecule has 0 radical (unpaired) electrons. The quantitative estimate of drug-likeness (QED) is 0.375. The maximum absolute atomic E-state index is 12.0. The smallest absolute Gasteiger partial charge is 0.302 e. The van der Waals surface area contributed by atoms with Gasteiger partial charge in [-0.05, 0) is 68.1 Å². The second-order valence-corrected chi connectivity index (χ2v) is 14.1. The molecule has 6 heteroatoms. The Morgan fingerprint density at radius 2 is 1.69 bits per heavy atom. The number of allylic oxidation sites excluding steroid dienone is 1. The number of hydrogen-bond donors (Lipinski definition) is 0. The van der Waals surface area contributed by atoms with Crippen LogP contribution in [0.3, 0.4) is 0 Å². The molecule has 4 nitrogen and oxygen atoms in total. The standard InChI is InChI=1S/C26H38O4S2/c1-15(27)29-22-14-26(4)17(13-19(22)24-31-11-12-32-24)5-6-18-20-7-8-23(30-16(2)28)25(20,3)10-9-21(18)26/h13,18-24H,5-12,14H2,1-4H3/t18-,19+,20-,21-,22+,23-,25+,26-/m0/s1. The van der Waals surface area contributed by atoms with Crippen LogP contribution in [0.15, 0.2) is 11.6 Å². The molecule has 32 heavy (non-hydrogen) atoms. The van der Waals surface area contributed by atoms with Crippen molar-refractivity contribution in [1.82, 2.24) is 0 Å². The first-order valence-electron chi connectivity index (χ1n) is 12.5. The molecule has 0 bridgehead atoms. The van der Waals surface area contributed by atoms with Gasteiger partial charge in [0, 0.05) is 36.7 Å². The van der Waals surface area contributed by atoms with Crippen molar-refractivity contribution in [1.29, 1.82) is 0 Å². The van der Waals surface area contributed by atoms with E-state index in [1.54, 1.807) is 19.4 Å². The molecular formula is C26H38O4S2. The SMILES string of the molecule is CC(=O)O[C@H]1CC[C@H]2[C@@H]3CCC4=C[C@@H](C5SCCS5)[C@H](OC(C)=O)C[C@]4(C)[C@H]3CC[C@@]12C. The lowest BCUT2D eigenvalue weighted by Gasteiger charge is -2.59. The Balaban J connectivity index is 1.43. The van der Waals surface area contributed by atoms with E-state index in [1.165, 1.54) is 37.2 Å². The fourth-order valence-corrected chi connectivity index (χ4v) is 11.5. The summed E-state index contributed by atoms with van der Waals surface area (Å²) in [4.78, 5) is 23.8. The molecule has 5 rings (SSSR count). The van der Waals surface area contributed by atoms with E-state index in [1.807, 2.05) is 23.5 Å². The van der Waals surface area contributed by atoms with E-state index in [0.29, 0.717) is 28.3 Å². The highest BCUT2D eigenvalue weighted by Gasteiger charge is 2.61. The lowest BCUT2D eigenvalue weighted by Crippen LogP contribution is -2.53. The van der Waals surface area contributed by atoms with Gasteiger partial charge in [-0.15, -0.1) is 23.5 Å². The third-order valence-corrected chi connectivity index (χ3v) is 12.9. The highest BCUT2D eigenvalue weighted by molar-refractivity contribution is 8.20. The van der Waals surface area contributed by atoms with Gasteiger partial charge in [-0.1, -0.05) is 25.5 Å². The van der Waals surface area contributed by atoms with Crippen LogP contribution in [-0.4, -0.2) is 40.2 Å². The highest BCUT2D eigenvalue weighted by Crippen LogP contribution is 2.66. The number of esters is 2. The third kappa shape index (κ3) is 3.76. The predicted octanol–water partition coefficient (Wildman–Crippen LogP) is 5.84. The van der Waals surface area contributed by atoms with E-state index in [0.717, 1.165) is 19.3 Å². The van der Waals surface area contributed by atoms with Gasteiger partial charge in [0.15, 0.2) is 0 Å². The normalized spacial score (nSPS) is 45.9. The minimum Gasteiger partial charge on any atom is -0.462 e.